The molecule has 4 heteroatoms. The lowest BCUT2D eigenvalue weighted by atomic mass is 9.65. The Hall–Kier alpha value is -2.75. The Morgan fingerprint density at radius 2 is 1.83 bits per heavy atom. The van der Waals surface area contributed by atoms with Crippen LogP contribution in [0.2, 0.25) is 0 Å². The van der Waals surface area contributed by atoms with Crippen molar-refractivity contribution in [3.05, 3.63) is 60.4 Å². The Morgan fingerprint density at radius 3 is 2.69 bits per heavy atom. The predicted molar refractivity (Wildman–Crippen MR) is 116 cm³/mol. The van der Waals surface area contributed by atoms with Gasteiger partial charge in [0.25, 0.3) is 5.91 Å². The molecule has 1 saturated carbocycles. The van der Waals surface area contributed by atoms with Crippen LogP contribution in [0.3, 0.4) is 0 Å². The highest BCUT2D eigenvalue weighted by Gasteiger charge is 2.51. The van der Waals surface area contributed by atoms with E-state index in [-0.39, 0.29) is 16.7 Å². The highest BCUT2D eigenvalue weighted by molar-refractivity contribution is 5.95. The molecule has 3 aromatic rings. The molecule has 1 aromatic carbocycles. The zero-order valence-electron chi connectivity index (χ0n) is 17.4. The number of hydrogen-bond acceptors (Lipinski definition) is 3. The molecule has 2 fully saturated rings. The first-order valence-electron chi connectivity index (χ1n) is 10.5. The van der Waals surface area contributed by atoms with Crippen LogP contribution in [0, 0.1) is 10.8 Å². The van der Waals surface area contributed by atoms with Crippen LogP contribution in [0.4, 0.5) is 0 Å². The van der Waals surface area contributed by atoms with Gasteiger partial charge in [-0.1, -0.05) is 51.1 Å². The van der Waals surface area contributed by atoms with E-state index in [0.717, 1.165) is 41.5 Å². The van der Waals surface area contributed by atoms with Crippen molar-refractivity contribution >= 4 is 16.8 Å². The third kappa shape index (κ3) is 3.21. The summed E-state index contributed by atoms with van der Waals surface area (Å²) in [6.07, 6.45) is 5.15. The van der Waals surface area contributed by atoms with E-state index in [4.69, 9.17) is 4.98 Å². The van der Waals surface area contributed by atoms with Crippen LogP contribution in [-0.4, -0.2) is 33.4 Å². The number of aromatic nitrogens is 2. The van der Waals surface area contributed by atoms with Gasteiger partial charge in [-0.15, -0.1) is 0 Å². The van der Waals surface area contributed by atoms with E-state index in [2.05, 4.69) is 30.7 Å². The summed E-state index contributed by atoms with van der Waals surface area (Å²) in [5.74, 6) is 0.0615. The molecule has 0 unspecified atom stereocenters. The molecule has 4 nitrogen and oxygen atoms in total. The molecule has 0 spiro atoms. The van der Waals surface area contributed by atoms with Gasteiger partial charge in [0.15, 0.2) is 0 Å². The fourth-order valence-electron chi connectivity index (χ4n) is 5.86. The first-order chi connectivity index (χ1) is 13.8. The average molecular weight is 386 g/mol. The largest absolute Gasteiger partial charge is 0.334 e. The van der Waals surface area contributed by atoms with Crippen molar-refractivity contribution < 1.29 is 4.79 Å². The van der Waals surface area contributed by atoms with Gasteiger partial charge in [-0.2, -0.15) is 0 Å². The van der Waals surface area contributed by atoms with Crippen molar-refractivity contribution in [2.75, 3.05) is 6.54 Å². The van der Waals surface area contributed by atoms with Gasteiger partial charge in [0.05, 0.1) is 11.2 Å². The zero-order valence-corrected chi connectivity index (χ0v) is 17.4. The number of carbonyl (C=O) groups is 1. The summed E-state index contributed by atoms with van der Waals surface area (Å²) in [6.45, 7) is 7.83. The lowest BCUT2D eigenvalue weighted by Crippen LogP contribution is -2.38. The fourth-order valence-corrected chi connectivity index (χ4v) is 5.86. The molecule has 0 radical (unpaired) electrons. The second-order valence-corrected chi connectivity index (χ2v) is 9.94. The summed E-state index contributed by atoms with van der Waals surface area (Å²) in [4.78, 5) is 24.8. The molecule has 2 atom stereocenters. The van der Waals surface area contributed by atoms with Crippen LogP contribution in [0.5, 0.6) is 0 Å². The van der Waals surface area contributed by atoms with Gasteiger partial charge in [0.2, 0.25) is 0 Å². The first-order valence-corrected chi connectivity index (χ1v) is 10.5. The van der Waals surface area contributed by atoms with Gasteiger partial charge >= 0.3 is 0 Å². The number of hydrogen-bond donors (Lipinski definition) is 0. The zero-order chi connectivity index (χ0) is 20.2. The molecular weight excluding hydrogens is 358 g/mol. The smallest absolute Gasteiger partial charge is 0.272 e. The highest BCUT2D eigenvalue weighted by Crippen LogP contribution is 2.52. The summed E-state index contributed by atoms with van der Waals surface area (Å²) in [5.41, 5.74) is 3.72. The van der Waals surface area contributed by atoms with E-state index in [9.17, 15) is 4.79 Å². The van der Waals surface area contributed by atoms with Gasteiger partial charge in [-0.25, -0.2) is 4.98 Å². The molecule has 1 saturated heterocycles. The maximum absolute atomic E-state index is 13.4. The Kier molecular flexibility index (Phi) is 4.02. The van der Waals surface area contributed by atoms with Gasteiger partial charge in [0.1, 0.15) is 5.69 Å². The molecule has 1 aliphatic carbocycles. The third-order valence-corrected chi connectivity index (χ3v) is 6.55. The number of fused-ring (bicyclic) bond motifs is 3. The number of amides is 1. The standard InChI is InChI=1S/C25H27N3O/c1-24(2)13-18-14-25(3,15-24)16-28(18)23(29)21-11-5-10-20(27-21)19-9-4-7-17-8-6-12-26-22(17)19/h4-12,18H,13-16H2,1-3H3/t18-,25-/m1/s1. The van der Waals surface area contributed by atoms with Crippen molar-refractivity contribution in [3.8, 4) is 11.3 Å². The molecule has 2 bridgehead atoms. The number of nitrogens with zero attached hydrogens (tertiary/aromatic N) is 3. The molecule has 148 valence electrons. The average Bonchev–Trinajstić information content (AvgIpc) is 2.95. The Labute approximate surface area is 172 Å². The molecule has 29 heavy (non-hydrogen) atoms. The molecule has 1 aliphatic heterocycles. The van der Waals surface area contributed by atoms with Gasteiger partial charge in [-0.05, 0) is 48.3 Å². The molecular formula is C25H27N3O. The van der Waals surface area contributed by atoms with E-state index in [1.54, 1.807) is 6.20 Å². The third-order valence-electron chi connectivity index (χ3n) is 6.55. The van der Waals surface area contributed by atoms with Crippen molar-refractivity contribution in [1.82, 2.24) is 14.9 Å². The van der Waals surface area contributed by atoms with E-state index in [1.165, 1.54) is 6.42 Å². The maximum Gasteiger partial charge on any atom is 0.272 e. The van der Waals surface area contributed by atoms with E-state index in [0.29, 0.717) is 11.7 Å². The van der Waals surface area contributed by atoms with Crippen LogP contribution in [0.15, 0.2) is 54.7 Å². The predicted octanol–water partition coefficient (Wildman–Crippen LogP) is 5.34. The molecule has 0 N–H and O–H groups in total. The summed E-state index contributed by atoms with van der Waals surface area (Å²) in [5, 5.41) is 1.08. The summed E-state index contributed by atoms with van der Waals surface area (Å²) >= 11 is 0. The monoisotopic (exact) mass is 385 g/mol. The van der Waals surface area contributed by atoms with Crippen molar-refractivity contribution in [2.45, 2.75) is 46.1 Å². The van der Waals surface area contributed by atoms with Crippen LogP contribution >= 0.6 is 0 Å². The van der Waals surface area contributed by atoms with Crippen LogP contribution in [0.25, 0.3) is 22.2 Å². The Bertz CT molecular complexity index is 1100. The number of likely N-dealkylation sites (tertiary alicyclic amines) is 1. The molecule has 2 aromatic heterocycles. The number of carbonyl (C=O) groups excluding carboxylic acids is 1. The van der Waals surface area contributed by atoms with E-state index < -0.39 is 0 Å². The summed E-state index contributed by atoms with van der Waals surface area (Å²) < 4.78 is 0. The SMILES string of the molecule is CC1(C)C[C@@H]2C[C@@](C)(CN2C(=O)c2cccc(-c3cccc4cccnc34)n2)C1. The minimum atomic E-state index is 0.0615. The first kappa shape index (κ1) is 18.3. The van der Waals surface area contributed by atoms with Crippen LogP contribution < -0.4 is 0 Å². The van der Waals surface area contributed by atoms with E-state index in [1.807, 2.05) is 48.5 Å². The highest BCUT2D eigenvalue weighted by atomic mass is 16.2. The van der Waals surface area contributed by atoms with Gasteiger partial charge < -0.3 is 4.90 Å². The Balaban J connectivity index is 1.50. The molecule has 3 heterocycles. The second-order valence-electron chi connectivity index (χ2n) is 9.94. The molecule has 2 aliphatic rings. The minimum absolute atomic E-state index is 0.0615. The lowest BCUT2D eigenvalue weighted by molar-refractivity contribution is 0.0702. The van der Waals surface area contributed by atoms with Crippen LogP contribution in [-0.2, 0) is 0 Å². The van der Waals surface area contributed by atoms with Gasteiger partial charge in [0, 0.05) is 29.7 Å². The lowest BCUT2D eigenvalue weighted by Gasteiger charge is -2.39. The number of benzene rings is 1. The number of para-hydroxylation sites is 1. The van der Waals surface area contributed by atoms with Crippen molar-refractivity contribution in [3.63, 3.8) is 0 Å². The molecule has 1 amide bonds. The summed E-state index contributed by atoms with van der Waals surface area (Å²) in [7, 11) is 0. The second kappa shape index (κ2) is 6.38. The topological polar surface area (TPSA) is 46.1 Å². The number of pyridine rings is 2. The van der Waals surface area contributed by atoms with Crippen molar-refractivity contribution in [1.29, 1.82) is 0 Å². The van der Waals surface area contributed by atoms with Crippen LogP contribution in [0.1, 0.15) is 50.5 Å². The maximum atomic E-state index is 13.4. The normalized spacial score (nSPS) is 25.3. The fraction of sp³-hybridized carbons (Fsp3) is 0.400. The Morgan fingerprint density at radius 1 is 1.03 bits per heavy atom. The number of rotatable bonds is 2. The summed E-state index contributed by atoms with van der Waals surface area (Å²) in [6, 6.07) is 16.1. The minimum Gasteiger partial charge on any atom is -0.334 e. The van der Waals surface area contributed by atoms with Crippen molar-refractivity contribution in [2.24, 2.45) is 10.8 Å². The van der Waals surface area contributed by atoms with Gasteiger partial charge in [-0.3, -0.25) is 9.78 Å². The quantitative estimate of drug-likeness (QED) is 0.598. The van der Waals surface area contributed by atoms with E-state index >= 15 is 0 Å². The molecule has 5 rings (SSSR count).